The van der Waals surface area contributed by atoms with Gasteiger partial charge in [-0.05, 0) is 26.1 Å². The van der Waals surface area contributed by atoms with E-state index in [1.165, 1.54) is 37.7 Å². The summed E-state index contributed by atoms with van der Waals surface area (Å²) >= 11 is 0. The lowest BCUT2D eigenvalue weighted by molar-refractivity contribution is 0.282. The molecule has 110 valence electrons. The van der Waals surface area contributed by atoms with Crippen LogP contribution in [0.1, 0.15) is 51.0 Å². The van der Waals surface area contributed by atoms with E-state index in [9.17, 15) is 0 Å². The van der Waals surface area contributed by atoms with Gasteiger partial charge in [-0.25, -0.2) is 0 Å². The molecule has 0 aliphatic rings. The molecule has 2 nitrogen and oxygen atoms in total. The Bertz CT molecular complexity index is 266. The molecule has 2 heteroatoms. The normalized spacial score (nSPS) is 10.2. The highest BCUT2D eigenvalue weighted by Gasteiger charge is 1.90. The summed E-state index contributed by atoms with van der Waals surface area (Å²) in [4.78, 5) is 2.16. The van der Waals surface area contributed by atoms with Gasteiger partial charge >= 0.3 is 0 Å². The summed E-state index contributed by atoms with van der Waals surface area (Å²) in [7, 11) is 4.15. The molecule has 0 spiro atoms. The lowest BCUT2D eigenvalue weighted by Crippen LogP contribution is -2.10. The van der Waals surface area contributed by atoms with Crippen molar-refractivity contribution >= 4 is 0 Å². The van der Waals surface area contributed by atoms with Gasteiger partial charge in [-0.1, -0.05) is 69.4 Å². The Morgan fingerprint density at radius 2 is 1.47 bits per heavy atom. The standard InChI is InChI=1S/C9H13N.C8H18O/c1-10(2)8-9-6-4-3-5-7-9;1-2-3-4-5-6-7-8-9/h3-7H,8H2,1-2H3;9H,2-8H2,1H3. The van der Waals surface area contributed by atoms with E-state index in [1.807, 2.05) is 6.07 Å². The van der Waals surface area contributed by atoms with Crippen molar-refractivity contribution in [2.45, 2.75) is 52.0 Å². The van der Waals surface area contributed by atoms with E-state index in [0.29, 0.717) is 6.61 Å². The molecule has 1 N–H and O–H groups in total. The molecule has 1 aromatic carbocycles. The summed E-state index contributed by atoms with van der Waals surface area (Å²) in [6.45, 7) is 3.61. The van der Waals surface area contributed by atoms with Gasteiger partial charge in [0.05, 0.1) is 0 Å². The number of unbranched alkanes of at least 4 members (excludes halogenated alkanes) is 5. The van der Waals surface area contributed by atoms with Gasteiger partial charge in [0, 0.05) is 13.2 Å². The molecule has 0 aliphatic heterocycles. The molecule has 0 aliphatic carbocycles. The minimum absolute atomic E-state index is 0.367. The maximum Gasteiger partial charge on any atom is 0.0431 e. The molecule has 19 heavy (non-hydrogen) atoms. The third kappa shape index (κ3) is 13.4. The SMILES string of the molecule is CCCCCCCCO.CN(C)Cc1ccccc1. The second-order valence-corrected chi connectivity index (χ2v) is 5.21. The zero-order chi connectivity index (χ0) is 14.3. The van der Waals surface area contributed by atoms with E-state index in [2.05, 4.69) is 50.2 Å². The van der Waals surface area contributed by atoms with Crippen molar-refractivity contribution in [1.29, 1.82) is 0 Å². The Morgan fingerprint density at radius 1 is 0.895 bits per heavy atom. The fourth-order valence-corrected chi connectivity index (χ4v) is 1.84. The molecule has 0 aromatic heterocycles. The third-order valence-electron chi connectivity index (χ3n) is 2.85. The first-order valence-electron chi connectivity index (χ1n) is 7.50. The summed E-state index contributed by atoms with van der Waals surface area (Å²) in [5.41, 5.74) is 1.37. The summed E-state index contributed by atoms with van der Waals surface area (Å²) in [6, 6.07) is 10.5. The zero-order valence-electron chi connectivity index (χ0n) is 12.9. The lowest BCUT2D eigenvalue weighted by atomic mass is 10.1. The van der Waals surface area contributed by atoms with Crippen molar-refractivity contribution in [1.82, 2.24) is 4.90 Å². The summed E-state index contributed by atoms with van der Waals surface area (Å²) in [5.74, 6) is 0. The number of benzene rings is 1. The van der Waals surface area contributed by atoms with Crippen molar-refractivity contribution in [2.75, 3.05) is 20.7 Å². The number of hydrogen-bond donors (Lipinski definition) is 1. The number of rotatable bonds is 8. The van der Waals surface area contributed by atoms with Crippen LogP contribution in [0.2, 0.25) is 0 Å². The monoisotopic (exact) mass is 265 g/mol. The smallest absolute Gasteiger partial charge is 0.0431 e. The molecule has 0 heterocycles. The Balaban J connectivity index is 0.000000344. The molecule has 0 saturated heterocycles. The van der Waals surface area contributed by atoms with Crippen LogP contribution in [0.15, 0.2) is 30.3 Å². The molecule has 0 amide bonds. The summed E-state index contributed by atoms with van der Waals surface area (Å²) in [5, 5.41) is 8.42. The highest BCUT2D eigenvalue weighted by atomic mass is 16.2. The Labute approximate surface area is 119 Å². The number of nitrogens with zero attached hydrogens (tertiary/aromatic N) is 1. The van der Waals surface area contributed by atoms with Crippen molar-refractivity contribution in [3.63, 3.8) is 0 Å². The molecule has 0 atom stereocenters. The van der Waals surface area contributed by atoms with Gasteiger partial charge in [-0.3, -0.25) is 0 Å². The first-order valence-corrected chi connectivity index (χ1v) is 7.50. The molecule has 0 unspecified atom stereocenters. The highest BCUT2D eigenvalue weighted by molar-refractivity contribution is 5.14. The zero-order valence-corrected chi connectivity index (χ0v) is 12.9. The van der Waals surface area contributed by atoms with Crippen LogP contribution >= 0.6 is 0 Å². The van der Waals surface area contributed by atoms with Gasteiger partial charge in [0.2, 0.25) is 0 Å². The van der Waals surface area contributed by atoms with Crippen LogP contribution < -0.4 is 0 Å². The first-order chi connectivity index (χ1) is 9.20. The average Bonchev–Trinajstić information content (AvgIpc) is 2.40. The molecule has 0 bridgehead atoms. The van der Waals surface area contributed by atoms with Crippen molar-refractivity contribution in [3.05, 3.63) is 35.9 Å². The van der Waals surface area contributed by atoms with Crippen molar-refractivity contribution < 1.29 is 5.11 Å². The van der Waals surface area contributed by atoms with E-state index in [4.69, 9.17) is 5.11 Å². The molecule has 0 radical (unpaired) electrons. The van der Waals surface area contributed by atoms with E-state index >= 15 is 0 Å². The second kappa shape index (κ2) is 13.6. The minimum Gasteiger partial charge on any atom is -0.396 e. The van der Waals surface area contributed by atoms with E-state index < -0.39 is 0 Å². The fourth-order valence-electron chi connectivity index (χ4n) is 1.84. The largest absolute Gasteiger partial charge is 0.396 e. The number of aliphatic hydroxyl groups is 1. The van der Waals surface area contributed by atoms with E-state index in [0.717, 1.165) is 13.0 Å². The van der Waals surface area contributed by atoms with Gasteiger partial charge in [-0.2, -0.15) is 0 Å². The predicted octanol–water partition coefficient (Wildman–Crippen LogP) is 4.09. The Kier molecular flexibility index (Phi) is 13.0. The molecule has 1 aromatic rings. The minimum atomic E-state index is 0.367. The Hall–Kier alpha value is -0.860. The van der Waals surface area contributed by atoms with Crippen LogP contribution in [0.5, 0.6) is 0 Å². The molecule has 0 fully saturated rings. The molecular formula is C17H31NO. The van der Waals surface area contributed by atoms with E-state index in [1.54, 1.807) is 0 Å². The van der Waals surface area contributed by atoms with Crippen LogP contribution in [0.4, 0.5) is 0 Å². The summed E-state index contributed by atoms with van der Waals surface area (Å²) in [6.07, 6.45) is 7.50. The molecule has 0 saturated carbocycles. The van der Waals surface area contributed by atoms with Crippen LogP contribution in [0.25, 0.3) is 0 Å². The topological polar surface area (TPSA) is 23.5 Å². The van der Waals surface area contributed by atoms with Crippen LogP contribution in [-0.4, -0.2) is 30.7 Å². The van der Waals surface area contributed by atoms with Gasteiger partial charge in [0.1, 0.15) is 0 Å². The number of aliphatic hydroxyl groups excluding tert-OH is 1. The van der Waals surface area contributed by atoms with Crippen molar-refractivity contribution in [3.8, 4) is 0 Å². The van der Waals surface area contributed by atoms with Crippen molar-refractivity contribution in [2.24, 2.45) is 0 Å². The third-order valence-corrected chi connectivity index (χ3v) is 2.85. The highest BCUT2D eigenvalue weighted by Crippen LogP contribution is 2.03. The van der Waals surface area contributed by atoms with Gasteiger partial charge < -0.3 is 10.0 Å². The Morgan fingerprint density at radius 3 is 2.00 bits per heavy atom. The lowest BCUT2D eigenvalue weighted by Gasteiger charge is -2.08. The fraction of sp³-hybridized carbons (Fsp3) is 0.647. The van der Waals surface area contributed by atoms with Gasteiger partial charge in [-0.15, -0.1) is 0 Å². The van der Waals surface area contributed by atoms with Crippen LogP contribution in [-0.2, 0) is 6.54 Å². The maximum atomic E-state index is 8.42. The van der Waals surface area contributed by atoms with Gasteiger partial charge in [0.25, 0.3) is 0 Å². The van der Waals surface area contributed by atoms with Crippen LogP contribution in [0.3, 0.4) is 0 Å². The molecular weight excluding hydrogens is 234 g/mol. The summed E-state index contributed by atoms with van der Waals surface area (Å²) < 4.78 is 0. The van der Waals surface area contributed by atoms with Crippen LogP contribution in [0, 0.1) is 0 Å². The van der Waals surface area contributed by atoms with Gasteiger partial charge in [0.15, 0.2) is 0 Å². The first kappa shape index (κ1) is 18.1. The maximum absolute atomic E-state index is 8.42. The predicted molar refractivity (Wildman–Crippen MR) is 84.3 cm³/mol. The second-order valence-electron chi connectivity index (χ2n) is 5.21. The quantitative estimate of drug-likeness (QED) is 0.716. The molecule has 1 rings (SSSR count). The average molecular weight is 265 g/mol. The van der Waals surface area contributed by atoms with E-state index in [-0.39, 0.29) is 0 Å². The number of hydrogen-bond acceptors (Lipinski definition) is 2.